The lowest BCUT2D eigenvalue weighted by Crippen LogP contribution is -2.19. The van der Waals surface area contributed by atoms with Crippen LogP contribution in [0.5, 0.6) is 0 Å². The van der Waals surface area contributed by atoms with E-state index in [4.69, 9.17) is 4.74 Å². The lowest BCUT2D eigenvalue weighted by atomic mass is 10.1. The third-order valence-electron chi connectivity index (χ3n) is 3.88. The molecule has 8 heteroatoms. The van der Waals surface area contributed by atoms with E-state index in [-0.39, 0.29) is 11.9 Å². The van der Waals surface area contributed by atoms with Gasteiger partial charge in [0.15, 0.2) is 5.13 Å². The minimum absolute atomic E-state index is 0.0917. The van der Waals surface area contributed by atoms with Gasteiger partial charge >= 0.3 is 5.97 Å². The minimum atomic E-state index is -0.267. The molecule has 0 radical (unpaired) electrons. The molecule has 1 amide bonds. The van der Waals surface area contributed by atoms with Crippen LogP contribution < -0.4 is 15.1 Å². The van der Waals surface area contributed by atoms with Crippen LogP contribution >= 0.6 is 11.3 Å². The van der Waals surface area contributed by atoms with E-state index in [2.05, 4.69) is 10.3 Å². The largest absolute Gasteiger partial charge is 0.466 e. The Morgan fingerprint density at radius 1 is 1.19 bits per heavy atom. The van der Waals surface area contributed by atoms with E-state index >= 15 is 0 Å². The van der Waals surface area contributed by atoms with Gasteiger partial charge in [-0.25, -0.2) is 4.98 Å². The molecule has 0 saturated carbocycles. The van der Waals surface area contributed by atoms with Crippen LogP contribution in [0, 0.1) is 0 Å². The normalized spacial score (nSPS) is 10.4. The van der Waals surface area contributed by atoms with Gasteiger partial charge in [-0.3, -0.25) is 9.59 Å². The maximum absolute atomic E-state index is 12.2. The number of esters is 1. The van der Waals surface area contributed by atoms with Crippen molar-refractivity contribution in [3.63, 3.8) is 0 Å². The van der Waals surface area contributed by atoms with Gasteiger partial charge in [0.25, 0.3) is 0 Å². The zero-order valence-electron chi connectivity index (χ0n) is 16.2. The maximum atomic E-state index is 12.2. The first-order valence-corrected chi connectivity index (χ1v) is 9.53. The summed E-state index contributed by atoms with van der Waals surface area (Å²) < 4.78 is 4.93. The van der Waals surface area contributed by atoms with Crippen molar-refractivity contribution in [3.05, 3.63) is 36.0 Å². The smallest absolute Gasteiger partial charge is 0.302 e. The molecule has 1 aromatic heterocycles. The molecule has 1 N–H and O–H groups in total. The highest BCUT2D eigenvalue weighted by molar-refractivity contribution is 7.19. The summed E-state index contributed by atoms with van der Waals surface area (Å²) in [5, 5.41) is 4.37. The number of thiazole rings is 1. The molecule has 27 heavy (non-hydrogen) atoms. The molecule has 0 saturated heterocycles. The van der Waals surface area contributed by atoms with Crippen LogP contribution in [-0.2, 0) is 20.7 Å². The summed E-state index contributed by atoms with van der Waals surface area (Å²) in [7, 11) is 5.91. The summed E-state index contributed by atoms with van der Waals surface area (Å²) in [6.45, 7) is 2.54. The molecule has 2 aromatic rings. The SMILES string of the molecule is CC(=O)OCCCN(C)c1cnc(NC(=O)Cc2ccc(N(C)C)cc2)s1. The van der Waals surface area contributed by atoms with Gasteiger partial charge in [-0.05, 0) is 24.1 Å². The fourth-order valence-corrected chi connectivity index (χ4v) is 3.21. The van der Waals surface area contributed by atoms with Crippen molar-refractivity contribution in [2.24, 2.45) is 0 Å². The van der Waals surface area contributed by atoms with Crippen LogP contribution in [0.3, 0.4) is 0 Å². The predicted molar refractivity (Wildman–Crippen MR) is 110 cm³/mol. The van der Waals surface area contributed by atoms with Crippen LogP contribution in [-0.4, -0.2) is 51.2 Å². The monoisotopic (exact) mass is 390 g/mol. The first kappa shape index (κ1) is 20.7. The Morgan fingerprint density at radius 3 is 2.52 bits per heavy atom. The Kier molecular flexibility index (Phi) is 7.60. The Balaban J connectivity index is 1.81. The lowest BCUT2D eigenvalue weighted by Gasteiger charge is -2.15. The van der Waals surface area contributed by atoms with Gasteiger partial charge in [-0.2, -0.15) is 0 Å². The van der Waals surface area contributed by atoms with Gasteiger partial charge in [-0.1, -0.05) is 23.5 Å². The second-order valence-electron chi connectivity index (χ2n) is 6.40. The van der Waals surface area contributed by atoms with Crippen LogP contribution in [0.25, 0.3) is 0 Å². The van der Waals surface area contributed by atoms with Crippen molar-refractivity contribution < 1.29 is 14.3 Å². The average molecular weight is 391 g/mol. The number of carbonyl (C=O) groups is 2. The van der Waals surface area contributed by atoms with E-state index in [0.29, 0.717) is 18.2 Å². The van der Waals surface area contributed by atoms with Gasteiger partial charge in [0.1, 0.15) is 5.00 Å². The molecule has 0 bridgehead atoms. The van der Waals surface area contributed by atoms with Gasteiger partial charge < -0.3 is 19.9 Å². The van der Waals surface area contributed by atoms with Crippen LogP contribution in [0.1, 0.15) is 18.9 Å². The number of benzene rings is 1. The summed E-state index contributed by atoms with van der Waals surface area (Å²) in [6.07, 6.45) is 2.78. The molecule has 0 atom stereocenters. The van der Waals surface area contributed by atoms with E-state index in [0.717, 1.165) is 29.2 Å². The Bertz CT molecular complexity index is 759. The van der Waals surface area contributed by atoms with E-state index < -0.39 is 0 Å². The zero-order valence-corrected chi connectivity index (χ0v) is 17.0. The first-order valence-electron chi connectivity index (χ1n) is 8.71. The number of ether oxygens (including phenoxy) is 1. The molecule has 146 valence electrons. The number of nitrogens with zero attached hydrogens (tertiary/aromatic N) is 3. The molecule has 2 rings (SSSR count). The Morgan fingerprint density at radius 2 is 1.89 bits per heavy atom. The van der Waals surface area contributed by atoms with E-state index in [1.807, 2.05) is 55.2 Å². The second-order valence-corrected chi connectivity index (χ2v) is 7.41. The van der Waals surface area contributed by atoms with Crippen LogP contribution in [0.4, 0.5) is 15.8 Å². The van der Waals surface area contributed by atoms with Gasteiger partial charge in [0, 0.05) is 40.3 Å². The van der Waals surface area contributed by atoms with Crippen molar-refractivity contribution in [3.8, 4) is 0 Å². The molecule has 1 heterocycles. The summed E-state index contributed by atoms with van der Waals surface area (Å²) >= 11 is 1.42. The second kappa shape index (κ2) is 9.91. The highest BCUT2D eigenvalue weighted by Gasteiger charge is 2.10. The molecule has 1 aromatic carbocycles. The number of aromatic nitrogens is 1. The highest BCUT2D eigenvalue weighted by Crippen LogP contribution is 2.26. The fourth-order valence-electron chi connectivity index (χ4n) is 2.39. The van der Waals surface area contributed by atoms with Gasteiger partial charge in [-0.15, -0.1) is 0 Å². The standard InChI is InChI=1S/C19H26N4O3S/c1-14(24)26-11-5-10-23(4)18-13-20-19(27-18)21-17(25)12-15-6-8-16(9-7-15)22(2)3/h6-9,13H,5,10-12H2,1-4H3,(H,20,21,25). The number of rotatable bonds is 9. The quantitative estimate of drug-likeness (QED) is 0.524. The van der Waals surface area contributed by atoms with Crippen molar-refractivity contribution in [2.45, 2.75) is 19.8 Å². The fraction of sp³-hybridized carbons (Fsp3) is 0.421. The number of carbonyl (C=O) groups excluding carboxylic acids is 2. The third-order valence-corrected chi connectivity index (χ3v) is 4.90. The van der Waals surface area contributed by atoms with Crippen molar-refractivity contribution in [2.75, 3.05) is 49.4 Å². The topological polar surface area (TPSA) is 74.8 Å². The van der Waals surface area contributed by atoms with Crippen molar-refractivity contribution in [1.29, 1.82) is 0 Å². The van der Waals surface area contributed by atoms with Crippen molar-refractivity contribution in [1.82, 2.24) is 4.98 Å². The van der Waals surface area contributed by atoms with Crippen LogP contribution in [0.15, 0.2) is 30.5 Å². The Hall–Kier alpha value is -2.61. The summed E-state index contributed by atoms with van der Waals surface area (Å²) in [5.41, 5.74) is 2.05. The average Bonchev–Trinajstić information content (AvgIpc) is 3.07. The molecule has 0 spiro atoms. The van der Waals surface area contributed by atoms with Crippen molar-refractivity contribution >= 4 is 39.0 Å². The molecule has 7 nitrogen and oxygen atoms in total. The van der Waals surface area contributed by atoms with Gasteiger partial charge in [0.2, 0.25) is 5.91 Å². The van der Waals surface area contributed by atoms with E-state index in [1.165, 1.54) is 18.3 Å². The molecule has 0 aliphatic carbocycles. The first-order chi connectivity index (χ1) is 12.8. The number of amides is 1. The predicted octanol–water partition coefficient (Wildman–Crippen LogP) is 2.78. The molecular weight excluding hydrogens is 364 g/mol. The molecule has 0 aliphatic heterocycles. The molecule has 0 fully saturated rings. The number of hydrogen-bond acceptors (Lipinski definition) is 7. The van der Waals surface area contributed by atoms with E-state index in [9.17, 15) is 9.59 Å². The van der Waals surface area contributed by atoms with Gasteiger partial charge in [0.05, 0.1) is 19.2 Å². The Labute approximate surface area is 164 Å². The van der Waals surface area contributed by atoms with Crippen LogP contribution in [0.2, 0.25) is 0 Å². The number of hydrogen-bond donors (Lipinski definition) is 1. The lowest BCUT2D eigenvalue weighted by molar-refractivity contribution is -0.141. The third kappa shape index (κ3) is 6.90. The summed E-state index contributed by atoms with van der Waals surface area (Å²) in [6, 6.07) is 7.90. The minimum Gasteiger partial charge on any atom is -0.466 e. The highest BCUT2D eigenvalue weighted by atomic mass is 32.1. The summed E-state index contributed by atoms with van der Waals surface area (Å²) in [5.74, 6) is -0.359. The zero-order chi connectivity index (χ0) is 19.8. The number of nitrogens with one attached hydrogen (secondary N) is 1. The summed E-state index contributed by atoms with van der Waals surface area (Å²) in [4.78, 5) is 31.3. The molecular formula is C19H26N4O3S. The molecule has 0 unspecified atom stereocenters. The van der Waals surface area contributed by atoms with E-state index in [1.54, 1.807) is 6.20 Å². The number of anilines is 3. The maximum Gasteiger partial charge on any atom is 0.302 e. The molecule has 0 aliphatic rings.